The highest BCUT2D eigenvalue weighted by Crippen LogP contribution is 2.39. The van der Waals surface area contributed by atoms with Crippen molar-refractivity contribution in [3.63, 3.8) is 0 Å². The number of aliphatic carboxylic acids is 1. The molecule has 1 unspecified atom stereocenters. The van der Waals surface area contributed by atoms with E-state index in [1.807, 2.05) is 32.0 Å². The molecule has 1 aromatic carbocycles. The van der Waals surface area contributed by atoms with Gasteiger partial charge in [0, 0.05) is 11.4 Å². The van der Waals surface area contributed by atoms with Gasteiger partial charge in [0.2, 0.25) is 0 Å². The summed E-state index contributed by atoms with van der Waals surface area (Å²) in [6.45, 7) is 3.82. The summed E-state index contributed by atoms with van der Waals surface area (Å²) in [6, 6.07) is 6.55. The molecule has 1 atom stereocenters. The predicted molar refractivity (Wildman–Crippen MR) is 92.2 cm³/mol. The van der Waals surface area contributed by atoms with Crippen LogP contribution in [0.15, 0.2) is 24.3 Å². The van der Waals surface area contributed by atoms with Gasteiger partial charge in [0.05, 0.1) is 0 Å². The van der Waals surface area contributed by atoms with Crippen molar-refractivity contribution >= 4 is 23.7 Å². The number of amides is 1. The number of carbonyl (C=O) groups excluding carboxylic acids is 1. The number of nitrogens with one attached hydrogen (secondary N) is 1. The standard InChI is InChI=1S/C18H24ClNO4/c1-12(2)9-15(16(21)22)20-17(23)24-18(7-4-8-18)11-13-5-3-6-14(19)10-13/h3,5-6,10,12,15H,4,7-9,11H2,1-2H3,(H,20,23)(H,21,22). The van der Waals surface area contributed by atoms with Crippen LogP contribution >= 0.6 is 11.6 Å². The van der Waals surface area contributed by atoms with E-state index in [1.54, 1.807) is 6.07 Å². The molecule has 132 valence electrons. The highest BCUT2D eigenvalue weighted by Gasteiger charge is 2.41. The lowest BCUT2D eigenvalue weighted by Gasteiger charge is -2.41. The highest BCUT2D eigenvalue weighted by atomic mass is 35.5. The molecule has 1 aliphatic rings. The molecular formula is C18H24ClNO4. The van der Waals surface area contributed by atoms with E-state index in [2.05, 4.69) is 5.32 Å². The van der Waals surface area contributed by atoms with Gasteiger partial charge in [0.1, 0.15) is 11.6 Å². The van der Waals surface area contributed by atoms with Gasteiger partial charge in [0.15, 0.2) is 0 Å². The van der Waals surface area contributed by atoms with Crippen LogP contribution in [0.5, 0.6) is 0 Å². The molecule has 24 heavy (non-hydrogen) atoms. The van der Waals surface area contributed by atoms with Crippen molar-refractivity contribution < 1.29 is 19.4 Å². The third kappa shape index (κ3) is 5.13. The largest absolute Gasteiger partial charge is 0.480 e. The summed E-state index contributed by atoms with van der Waals surface area (Å²) in [5.74, 6) is -0.881. The Hall–Kier alpha value is -1.75. The molecule has 0 bridgehead atoms. The lowest BCUT2D eigenvalue weighted by molar-refractivity contribution is -0.140. The number of benzene rings is 1. The van der Waals surface area contributed by atoms with Crippen molar-refractivity contribution in [2.45, 2.75) is 57.6 Å². The molecule has 2 N–H and O–H groups in total. The van der Waals surface area contributed by atoms with Gasteiger partial charge < -0.3 is 15.2 Å². The van der Waals surface area contributed by atoms with E-state index < -0.39 is 23.7 Å². The Morgan fingerprint density at radius 2 is 2.08 bits per heavy atom. The first-order valence-electron chi connectivity index (χ1n) is 8.26. The molecular weight excluding hydrogens is 330 g/mol. The first-order chi connectivity index (χ1) is 11.3. The Morgan fingerprint density at radius 1 is 1.38 bits per heavy atom. The summed E-state index contributed by atoms with van der Waals surface area (Å²) in [4.78, 5) is 23.4. The number of hydrogen-bond donors (Lipinski definition) is 2. The number of carboxylic acids is 1. The van der Waals surface area contributed by atoms with Crippen molar-refractivity contribution in [1.29, 1.82) is 0 Å². The molecule has 0 aliphatic heterocycles. The lowest BCUT2D eigenvalue weighted by atomic mass is 9.76. The Kier molecular flexibility index (Phi) is 6.10. The molecule has 5 nitrogen and oxygen atoms in total. The fourth-order valence-electron chi connectivity index (χ4n) is 2.97. The third-order valence-corrected chi connectivity index (χ3v) is 4.52. The Bertz CT molecular complexity index is 598. The van der Waals surface area contributed by atoms with Gasteiger partial charge in [-0.1, -0.05) is 37.6 Å². The first kappa shape index (κ1) is 18.6. The molecule has 1 amide bonds. The number of hydrogen-bond acceptors (Lipinski definition) is 3. The quantitative estimate of drug-likeness (QED) is 0.776. The smallest absolute Gasteiger partial charge is 0.408 e. The fourth-order valence-corrected chi connectivity index (χ4v) is 3.18. The molecule has 2 rings (SSSR count). The molecule has 0 aromatic heterocycles. The number of rotatable bonds is 7. The number of carboxylic acid groups (broad SMARTS) is 1. The van der Waals surface area contributed by atoms with Crippen molar-refractivity contribution in [3.8, 4) is 0 Å². The van der Waals surface area contributed by atoms with Gasteiger partial charge in [-0.25, -0.2) is 9.59 Å². The average Bonchev–Trinajstić information content (AvgIpc) is 2.43. The SMILES string of the molecule is CC(C)CC(NC(=O)OC1(Cc2cccc(Cl)c2)CCC1)C(=O)O. The van der Waals surface area contributed by atoms with Crippen LogP contribution in [0.2, 0.25) is 5.02 Å². The normalized spacial score (nSPS) is 17.0. The lowest BCUT2D eigenvalue weighted by Crippen LogP contribution is -2.49. The predicted octanol–water partition coefficient (Wildman–Crippen LogP) is 4.03. The fraction of sp³-hybridized carbons (Fsp3) is 0.556. The first-order valence-corrected chi connectivity index (χ1v) is 8.64. The van der Waals surface area contributed by atoms with Crippen molar-refractivity contribution in [2.24, 2.45) is 5.92 Å². The number of carbonyl (C=O) groups is 2. The zero-order valence-electron chi connectivity index (χ0n) is 14.0. The molecule has 6 heteroatoms. The van der Waals surface area contributed by atoms with Gasteiger partial charge in [-0.3, -0.25) is 0 Å². The van der Waals surface area contributed by atoms with Crippen LogP contribution in [-0.2, 0) is 16.0 Å². The molecule has 1 aliphatic carbocycles. The topological polar surface area (TPSA) is 75.6 Å². The van der Waals surface area contributed by atoms with Crippen LogP contribution in [0.1, 0.15) is 45.1 Å². The summed E-state index contributed by atoms with van der Waals surface area (Å²) >= 11 is 6.01. The second-order valence-electron chi connectivity index (χ2n) is 6.90. The van der Waals surface area contributed by atoms with E-state index in [0.29, 0.717) is 17.9 Å². The highest BCUT2D eigenvalue weighted by molar-refractivity contribution is 6.30. The van der Waals surface area contributed by atoms with Crippen LogP contribution in [0.4, 0.5) is 4.79 Å². The minimum atomic E-state index is -1.04. The van der Waals surface area contributed by atoms with E-state index >= 15 is 0 Å². The Balaban J connectivity index is 1.98. The maximum Gasteiger partial charge on any atom is 0.408 e. The van der Waals surface area contributed by atoms with E-state index in [0.717, 1.165) is 24.8 Å². The zero-order chi connectivity index (χ0) is 17.7. The average molecular weight is 354 g/mol. The van der Waals surface area contributed by atoms with Crippen LogP contribution in [-0.4, -0.2) is 28.8 Å². The molecule has 1 saturated carbocycles. The van der Waals surface area contributed by atoms with Crippen molar-refractivity contribution in [2.75, 3.05) is 0 Å². The number of ether oxygens (including phenoxy) is 1. The van der Waals surface area contributed by atoms with Gasteiger partial charge >= 0.3 is 12.1 Å². The molecule has 0 spiro atoms. The summed E-state index contributed by atoms with van der Waals surface area (Å²) in [5, 5.41) is 12.4. The second kappa shape index (κ2) is 7.88. The molecule has 0 heterocycles. The van der Waals surface area contributed by atoms with E-state index in [4.69, 9.17) is 16.3 Å². The minimum Gasteiger partial charge on any atom is -0.480 e. The van der Waals surface area contributed by atoms with Gasteiger partial charge in [0.25, 0.3) is 0 Å². The summed E-state index contributed by atoms with van der Waals surface area (Å²) in [5.41, 5.74) is 0.447. The number of alkyl carbamates (subject to hydrolysis) is 1. The van der Waals surface area contributed by atoms with Crippen LogP contribution in [0.3, 0.4) is 0 Å². The number of halogens is 1. The Labute approximate surface area is 147 Å². The van der Waals surface area contributed by atoms with Crippen LogP contribution < -0.4 is 5.32 Å². The van der Waals surface area contributed by atoms with E-state index in [9.17, 15) is 14.7 Å². The van der Waals surface area contributed by atoms with Crippen LogP contribution in [0.25, 0.3) is 0 Å². The summed E-state index contributed by atoms with van der Waals surface area (Å²) in [6.07, 6.45) is 2.82. The maximum atomic E-state index is 12.2. The van der Waals surface area contributed by atoms with Gasteiger partial charge in [-0.15, -0.1) is 0 Å². The van der Waals surface area contributed by atoms with Crippen molar-refractivity contribution in [3.05, 3.63) is 34.9 Å². The molecule has 1 aromatic rings. The second-order valence-corrected chi connectivity index (χ2v) is 7.33. The summed E-state index contributed by atoms with van der Waals surface area (Å²) < 4.78 is 5.62. The van der Waals surface area contributed by atoms with Crippen molar-refractivity contribution in [1.82, 2.24) is 5.32 Å². The monoisotopic (exact) mass is 353 g/mol. The molecule has 0 radical (unpaired) electrons. The molecule has 0 saturated heterocycles. The van der Waals surface area contributed by atoms with E-state index in [-0.39, 0.29) is 5.92 Å². The minimum absolute atomic E-state index is 0.163. The third-order valence-electron chi connectivity index (χ3n) is 4.29. The molecule has 1 fully saturated rings. The Morgan fingerprint density at radius 3 is 2.58 bits per heavy atom. The van der Waals surface area contributed by atoms with Gasteiger partial charge in [-0.2, -0.15) is 0 Å². The maximum absolute atomic E-state index is 12.2. The zero-order valence-corrected chi connectivity index (χ0v) is 14.8. The van der Waals surface area contributed by atoms with Gasteiger partial charge in [-0.05, 0) is 49.3 Å². The summed E-state index contributed by atoms with van der Waals surface area (Å²) in [7, 11) is 0. The van der Waals surface area contributed by atoms with E-state index in [1.165, 1.54) is 0 Å². The van der Waals surface area contributed by atoms with Crippen LogP contribution in [0, 0.1) is 5.92 Å².